The summed E-state index contributed by atoms with van der Waals surface area (Å²) in [6.07, 6.45) is -0.270. The molecule has 1 N–H and O–H groups in total. The van der Waals surface area contributed by atoms with Gasteiger partial charge in [0.15, 0.2) is 11.1 Å². The number of rotatable bonds is 3. The van der Waals surface area contributed by atoms with Crippen LogP contribution in [0, 0.1) is 0 Å². The van der Waals surface area contributed by atoms with Crippen LogP contribution < -0.4 is 5.32 Å². The first-order valence-corrected chi connectivity index (χ1v) is 9.87. The van der Waals surface area contributed by atoms with Crippen molar-refractivity contribution in [3.63, 3.8) is 0 Å². The van der Waals surface area contributed by atoms with Gasteiger partial charge in [0, 0.05) is 5.56 Å². The Kier molecular flexibility index (Phi) is 4.59. The van der Waals surface area contributed by atoms with Crippen molar-refractivity contribution >= 4 is 33.5 Å². The Morgan fingerprint density at radius 3 is 2.07 bits per heavy atom. The summed E-state index contributed by atoms with van der Waals surface area (Å²) < 4.78 is 0. The molecule has 1 unspecified atom stereocenters. The van der Waals surface area contributed by atoms with E-state index in [1.807, 2.05) is 36.4 Å². The highest BCUT2D eigenvalue weighted by Crippen LogP contribution is 2.28. The van der Waals surface area contributed by atoms with Crippen LogP contribution in [0.15, 0.2) is 107 Å². The fourth-order valence-electron chi connectivity index (χ4n) is 3.55. The van der Waals surface area contributed by atoms with Gasteiger partial charge in [0.2, 0.25) is 0 Å². The van der Waals surface area contributed by atoms with Gasteiger partial charge in [-0.05, 0) is 51.2 Å². The number of aliphatic imine (C=N–C) groups is 2. The van der Waals surface area contributed by atoms with Gasteiger partial charge < -0.3 is 5.32 Å². The third-order valence-electron chi connectivity index (χ3n) is 5.03. The van der Waals surface area contributed by atoms with E-state index in [0.29, 0.717) is 11.1 Å². The fourth-order valence-corrected chi connectivity index (χ4v) is 3.73. The molecule has 0 bridgehead atoms. The molecule has 140 valence electrons. The Bertz CT molecular complexity index is 1230. The summed E-state index contributed by atoms with van der Waals surface area (Å²) in [7, 11) is 0. The van der Waals surface area contributed by atoms with Gasteiger partial charge in [-0.3, -0.25) is 0 Å². The first kappa shape index (κ1) is 17.7. The Morgan fingerprint density at radius 1 is 0.655 bits per heavy atom. The first-order valence-electron chi connectivity index (χ1n) is 9.49. The van der Waals surface area contributed by atoms with Gasteiger partial charge in [-0.2, -0.15) is 0 Å². The van der Waals surface area contributed by atoms with Gasteiger partial charge in [0.1, 0.15) is 6.17 Å². The second-order valence-corrected chi connectivity index (χ2v) is 7.31. The number of fused-ring (bicyclic) bond motifs is 1. The number of hydrogen-bond donors (Lipinski definition) is 1. The smallest absolute Gasteiger partial charge is 0.199 e. The van der Waals surface area contributed by atoms with Crippen molar-refractivity contribution in [3.05, 3.63) is 108 Å². The van der Waals surface area contributed by atoms with Crippen LogP contribution in [0.4, 0.5) is 0 Å². The molecule has 0 radical (unpaired) electrons. The third-order valence-corrected chi connectivity index (χ3v) is 5.22. The van der Waals surface area contributed by atoms with E-state index in [2.05, 4.69) is 71.0 Å². The van der Waals surface area contributed by atoms with Crippen LogP contribution in [0.25, 0.3) is 21.9 Å². The monoisotopic (exact) mass is 395 g/mol. The lowest BCUT2D eigenvalue weighted by Gasteiger charge is -2.21. The summed E-state index contributed by atoms with van der Waals surface area (Å²) in [5.41, 5.74) is 4.42. The number of nitrogens with one attached hydrogen (secondary N) is 1. The summed E-state index contributed by atoms with van der Waals surface area (Å²) in [5, 5.41) is 5.87. The molecule has 1 heterocycles. The predicted octanol–water partition coefficient (Wildman–Crippen LogP) is 6.15. The minimum atomic E-state index is -0.270. The number of benzene rings is 4. The molecule has 29 heavy (non-hydrogen) atoms. The van der Waals surface area contributed by atoms with Crippen molar-refractivity contribution in [3.8, 4) is 11.1 Å². The van der Waals surface area contributed by atoms with Crippen LogP contribution in [0.5, 0.6) is 0 Å². The van der Waals surface area contributed by atoms with Crippen molar-refractivity contribution in [2.45, 2.75) is 6.17 Å². The minimum absolute atomic E-state index is 0.270. The van der Waals surface area contributed by atoms with Crippen LogP contribution in [0.3, 0.4) is 0 Å². The van der Waals surface area contributed by atoms with Crippen LogP contribution in [-0.4, -0.2) is 11.1 Å². The zero-order valence-electron chi connectivity index (χ0n) is 15.6. The van der Waals surface area contributed by atoms with E-state index in [0.717, 1.165) is 11.1 Å². The molecule has 1 atom stereocenters. The van der Waals surface area contributed by atoms with E-state index in [-0.39, 0.29) is 6.17 Å². The zero-order chi connectivity index (χ0) is 19.6. The first-order chi connectivity index (χ1) is 14.3. The van der Waals surface area contributed by atoms with Crippen LogP contribution in [0.2, 0.25) is 0 Å². The molecule has 0 saturated heterocycles. The standard InChI is InChI=1S/C25H18ClN3/c26-25-28-23(18-9-5-2-6-10-18)27-24(29-25)22-14-13-20-15-19(11-12-21(20)16-22)17-7-3-1-4-8-17/h1-16,24H,(H,27,28,29). The van der Waals surface area contributed by atoms with Gasteiger partial charge in [-0.15, -0.1) is 0 Å². The molecule has 0 saturated carbocycles. The summed E-state index contributed by atoms with van der Waals surface area (Å²) in [5.74, 6) is 0.638. The highest BCUT2D eigenvalue weighted by atomic mass is 35.5. The van der Waals surface area contributed by atoms with E-state index < -0.39 is 0 Å². The van der Waals surface area contributed by atoms with Crippen molar-refractivity contribution in [1.82, 2.24) is 5.32 Å². The second kappa shape index (κ2) is 7.53. The molecule has 0 spiro atoms. The molecular weight excluding hydrogens is 378 g/mol. The molecule has 0 aliphatic carbocycles. The lowest BCUT2D eigenvalue weighted by atomic mass is 9.99. The Labute approximate surface area is 174 Å². The molecule has 4 aromatic rings. The Balaban J connectivity index is 1.50. The largest absolute Gasteiger partial charge is 0.335 e. The van der Waals surface area contributed by atoms with Crippen molar-refractivity contribution in [1.29, 1.82) is 0 Å². The predicted molar refractivity (Wildman–Crippen MR) is 122 cm³/mol. The maximum absolute atomic E-state index is 6.27. The Hall–Kier alpha value is -3.43. The molecule has 3 nitrogen and oxygen atoms in total. The van der Waals surface area contributed by atoms with Crippen molar-refractivity contribution in [2.24, 2.45) is 9.98 Å². The maximum Gasteiger partial charge on any atom is 0.199 e. The third kappa shape index (κ3) is 3.65. The molecule has 4 aromatic carbocycles. The van der Waals surface area contributed by atoms with E-state index >= 15 is 0 Å². The molecule has 4 heteroatoms. The lowest BCUT2D eigenvalue weighted by Crippen LogP contribution is -2.29. The molecular formula is C25H18ClN3. The number of hydrogen-bond acceptors (Lipinski definition) is 3. The van der Waals surface area contributed by atoms with Gasteiger partial charge >= 0.3 is 0 Å². The SMILES string of the molecule is ClC1=NC(c2ccccc2)=NC(c2ccc3cc(-c4ccccc4)ccc3c2)N1. The summed E-state index contributed by atoms with van der Waals surface area (Å²) in [6, 6.07) is 33.2. The highest BCUT2D eigenvalue weighted by molar-refractivity contribution is 6.65. The zero-order valence-corrected chi connectivity index (χ0v) is 16.3. The Morgan fingerprint density at radius 2 is 1.31 bits per heavy atom. The fraction of sp³-hybridized carbons (Fsp3) is 0.0400. The molecule has 0 fully saturated rings. The van der Waals surface area contributed by atoms with E-state index in [4.69, 9.17) is 16.6 Å². The molecule has 1 aliphatic heterocycles. The van der Waals surface area contributed by atoms with Crippen LogP contribution in [0.1, 0.15) is 17.3 Å². The normalized spacial score (nSPS) is 16.1. The average molecular weight is 396 g/mol. The van der Waals surface area contributed by atoms with Crippen molar-refractivity contribution in [2.75, 3.05) is 0 Å². The summed E-state index contributed by atoms with van der Waals surface area (Å²) in [4.78, 5) is 9.13. The summed E-state index contributed by atoms with van der Waals surface area (Å²) in [6.45, 7) is 0. The molecule has 1 aliphatic rings. The second-order valence-electron chi connectivity index (χ2n) is 6.96. The number of halogens is 1. The van der Waals surface area contributed by atoms with Gasteiger partial charge in [-0.1, -0.05) is 84.9 Å². The molecule has 0 amide bonds. The minimum Gasteiger partial charge on any atom is -0.335 e. The number of amidine groups is 2. The highest BCUT2D eigenvalue weighted by Gasteiger charge is 2.19. The summed E-state index contributed by atoms with van der Waals surface area (Å²) >= 11 is 6.27. The average Bonchev–Trinajstić information content (AvgIpc) is 2.79. The lowest BCUT2D eigenvalue weighted by molar-refractivity contribution is 0.681. The van der Waals surface area contributed by atoms with Gasteiger partial charge in [0.05, 0.1) is 0 Å². The number of nitrogens with zero attached hydrogens (tertiary/aromatic N) is 2. The van der Waals surface area contributed by atoms with E-state index in [1.165, 1.54) is 21.9 Å². The van der Waals surface area contributed by atoms with Gasteiger partial charge in [-0.25, -0.2) is 9.98 Å². The van der Waals surface area contributed by atoms with Crippen LogP contribution >= 0.6 is 11.6 Å². The van der Waals surface area contributed by atoms with E-state index in [1.54, 1.807) is 0 Å². The topological polar surface area (TPSA) is 36.8 Å². The molecule has 0 aromatic heterocycles. The molecule has 5 rings (SSSR count). The maximum atomic E-state index is 6.27. The van der Waals surface area contributed by atoms with Gasteiger partial charge in [0.25, 0.3) is 0 Å². The quantitative estimate of drug-likeness (QED) is 0.415. The van der Waals surface area contributed by atoms with Crippen molar-refractivity contribution < 1.29 is 0 Å². The van der Waals surface area contributed by atoms with E-state index in [9.17, 15) is 0 Å². The van der Waals surface area contributed by atoms with Crippen LogP contribution in [-0.2, 0) is 0 Å².